The van der Waals surface area contributed by atoms with Gasteiger partial charge < -0.3 is 14.6 Å². The van der Waals surface area contributed by atoms with Crippen LogP contribution in [0.15, 0.2) is 54.6 Å². The predicted octanol–water partition coefficient (Wildman–Crippen LogP) is 4.92. The van der Waals surface area contributed by atoms with Gasteiger partial charge in [0.05, 0.1) is 5.56 Å². The molecule has 11 heteroatoms. The fourth-order valence-electron chi connectivity index (χ4n) is 2.16. The van der Waals surface area contributed by atoms with E-state index in [1.165, 1.54) is 30.3 Å². The molecule has 1 unspecified atom stereocenters. The summed E-state index contributed by atoms with van der Waals surface area (Å²) in [7, 11) is 0. The van der Waals surface area contributed by atoms with Gasteiger partial charge in [-0.1, -0.05) is 12.1 Å². The fraction of sp³-hybridized carbons (Fsp3) is 0.200. The van der Waals surface area contributed by atoms with Crippen LogP contribution in [0, 0.1) is 0 Å². The number of esters is 1. The quantitative estimate of drug-likeness (QED) is 0.269. The summed E-state index contributed by atoms with van der Waals surface area (Å²) in [5.41, 5.74) is 0.522. The van der Waals surface area contributed by atoms with Gasteiger partial charge in [0.1, 0.15) is 11.5 Å². The highest BCUT2D eigenvalue weighted by atomic mass is 19.4. The molecule has 2 aromatic rings. The number of alkyl halides is 6. The summed E-state index contributed by atoms with van der Waals surface area (Å²) in [4.78, 5) is 22.6. The number of carboxylic acids is 1. The minimum atomic E-state index is -5.73. The summed E-state index contributed by atoms with van der Waals surface area (Å²) in [5, 5.41) is 8.56. The largest absolute Gasteiger partial charge is 0.487 e. The molecule has 1 N–H and O–H groups in total. The van der Waals surface area contributed by atoms with E-state index >= 15 is 0 Å². The number of benzene rings is 2. The average Bonchev–Trinajstić information content (AvgIpc) is 2.71. The monoisotopic (exact) mass is 448 g/mol. The van der Waals surface area contributed by atoms with Gasteiger partial charge in [0, 0.05) is 6.08 Å². The number of hydrogen-bond donors (Lipinski definition) is 1. The standard InChI is InChI=1S/C20H14F6O5/c21-18(20(24,25)26)19(22,23)11-30-14-8-4-13(5-9-14)17(29)31-15-6-1-12(2-7-15)3-10-16(27)28/h1-10,18H,11H2,(H,27,28)/b10-3+. The highest BCUT2D eigenvalue weighted by Gasteiger charge is 2.57. The molecule has 2 aromatic carbocycles. The number of hydrogen-bond acceptors (Lipinski definition) is 4. The number of carboxylic acid groups (broad SMARTS) is 1. The Morgan fingerprint density at radius 3 is 2.00 bits per heavy atom. The summed E-state index contributed by atoms with van der Waals surface area (Å²) in [6.45, 7) is -1.85. The number of aliphatic carboxylic acids is 1. The van der Waals surface area contributed by atoms with E-state index in [1.54, 1.807) is 0 Å². The molecule has 0 aromatic heterocycles. The Morgan fingerprint density at radius 1 is 0.935 bits per heavy atom. The number of halogens is 6. The third-order valence-electron chi connectivity index (χ3n) is 3.69. The molecule has 0 fully saturated rings. The maximum Gasteiger partial charge on any atom is 0.425 e. The lowest BCUT2D eigenvalue weighted by molar-refractivity contribution is -0.250. The van der Waals surface area contributed by atoms with Gasteiger partial charge in [-0.25, -0.2) is 14.0 Å². The van der Waals surface area contributed by atoms with Gasteiger partial charge in [0.2, 0.25) is 0 Å². The molecule has 5 nitrogen and oxygen atoms in total. The first kappa shape index (κ1) is 23.8. The average molecular weight is 448 g/mol. The van der Waals surface area contributed by atoms with E-state index in [9.17, 15) is 35.9 Å². The lowest BCUT2D eigenvalue weighted by Crippen LogP contribution is -2.45. The molecule has 166 valence electrons. The van der Waals surface area contributed by atoms with Crippen molar-refractivity contribution < 1.29 is 50.5 Å². The van der Waals surface area contributed by atoms with Crippen LogP contribution in [0.4, 0.5) is 26.3 Å². The molecule has 0 radical (unpaired) electrons. The first-order chi connectivity index (χ1) is 14.4. The predicted molar refractivity (Wildman–Crippen MR) is 95.9 cm³/mol. The second-order valence-corrected chi connectivity index (χ2v) is 6.11. The molecule has 0 aliphatic rings. The van der Waals surface area contributed by atoms with E-state index in [2.05, 4.69) is 4.74 Å². The maximum atomic E-state index is 13.2. The highest BCUT2D eigenvalue weighted by molar-refractivity contribution is 5.91. The summed E-state index contributed by atoms with van der Waals surface area (Å²) in [6.07, 6.45) is -7.85. The van der Waals surface area contributed by atoms with Crippen LogP contribution in [0.3, 0.4) is 0 Å². The van der Waals surface area contributed by atoms with Crippen molar-refractivity contribution in [1.82, 2.24) is 0 Å². The van der Waals surface area contributed by atoms with Crippen LogP contribution < -0.4 is 9.47 Å². The number of ether oxygens (including phenoxy) is 2. The Morgan fingerprint density at radius 2 is 1.48 bits per heavy atom. The van der Waals surface area contributed by atoms with E-state index in [4.69, 9.17) is 9.84 Å². The molecule has 0 heterocycles. The summed E-state index contributed by atoms with van der Waals surface area (Å²) < 4.78 is 85.2. The Kier molecular flexibility index (Phi) is 7.32. The Balaban J connectivity index is 1.95. The van der Waals surface area contributed by atoms with E-state index < -0.39 is 36.8 Å². The van der Waals surface area contributed by atoms with Gasteiger partial charge in [-0.3, -0.25) is 0 Å². The van der Waals surface area contributed by atoms with Gasteiger partial charge >= 0.3 is 24.0 Å². The molecule has 0 bridgehead atoms. The topological polar surface area (TPSA) is 72.8 Å². The molecule has 0 amide bonds. The van der Waals surface area contributed by atoms with Crippen LogP contribution >= 0.6 is 0 Å². The minimum absolute atomic E-state index is 0.0207. The van der Waals surface area contributed by atoms with Crippen molar-refractivity contribution in [3.8, 4) is 11.5 Å². The highest BCUT2D eigenvalue weighted by Crippen LogP contribution is 2.35. The molecular weight excluding hydrogens is 434 g/mol. The summed E-state index contributed by atoms with van der Waals surface area (Å²) in [6, 6.07) is 10.1. The van der Waals surface area contributed by atoms with Crippen LogP contribution in [-0.2, 0) is 4.79 Å². The third kappa shape index (κ3) is 7.05. The van der Waals surface area contributed by atoms with Crippen molar-refractivity contribution in [3.05, 3.63) is 65.7 Å². The maximum absolute atomic E-state index is 13.2. The first-order valence-corrected chi connectivity index (χ1v) is 8.43. The van der Waals surface area contributed by atoms with Gasteiger partial charge in [0.15, 0.2) is 6.61 Å². The molecular formula is C20H14F6O5. The molecule has 0 aliphatic heterocycles. The van der Waals surface area contributed by atoms with Crippen molar-refractivity contribution in [2.45, 2.75) is 18.3 Å². The normalized spacial score (nSPS) is 13.1. The van der Waals surface area contributed by atoms with Crippen molar-refractivity contribution in [2.75, 3.05) is 6.61 Å². The lowest BCUT2D eigenvalue weighted by Gasteiger charge is -2.22. The second kappa shape index (κ2) is 9.54. The third-order valence-corrected chi connectivity index (χ3v) is 3.69. The van der Waals surface area contributed by atoms with Crippen LogP contribution in [0.1, 0.15) is 15.9 Å². The zero-order valence-electron chi connectivity index (χ0n) is 15.4. The van der Waals surface area contributed by atoms with Crippen LogP contribution in [-0.4, -0.2) is 41.9 Å². The molecule has 0 saturated carbocycles. The van der Waals surface area contributed by atoms with Crippen LogP contribution in [0.5, 0.6) is 11.5 Å². The van der Waals surface area contributed by atoms with Gasteiger partial charge in [-0.15, -0.1) is 0 Å². The fourth-order valence-corrected chi connectivity index (χ4v) is 2.16. The number of rotatable bonds is 8. The molecule has 0 spiro atoms. The Bertz CT molecular complexity index is 936. The first-order valence-electron chi connectivity index (χ1n) is 8.43. The molecule has 0 saturated heterocycles. The molecule has 31 heavy (non-hydrogen) atoms. The van der Waals surface area contributed by atoms with E-state index in [-0.39, 0.29) is 17.1 Å². The van der Waals surface area contributed by atoms with Gasteiger partial charge in [0.25, 0.3) is 6.17 Å². The Hall–Kier alpha value is -3.50. The number of carbonyl (C=O) groups excluding carboxylic acids is 1. The summed E-state index contributed by atoms with van der Waals surface area (Å²) >= 11 is 0. The summed E-state index contributed by atoms with van der Waals surface area (Å²) in [5.74, 6) is -6.91. The molecule has 1 atom stereocenters. The zero-order valence-corrected chi connectivity index (χ0v) is 15.4. The van der Waals surface area contributed by atoms with Gasteiger partial charge in [-0.05, 0) is 48.0 Å². The van der Waals surface area contributed by atoms with Gasteiger partial charge in [-0.2, -0.15) is 22.0 Å². The van der Waals surface area contributed by atoms with Crippen molar-refractivity contribution in [2.24, 2.45) is 0 Å². The van der Waals surface area contributed by atoms with Crippen molar-refractivity contribution >= 4 is 18.0 Å². The molecule has 0 aliphatic carbocycles. The SMILES string of the molecule is O=C(O)/C=C/c1ccc(OC(=O)c2ccc(OCC(F)(F)C(F)C(F)(F)F)cc2)cc1. The van der Waals surface area contributed by atoms with Crippen LogP contribution in [0.2, 0.25) is 0 Å². The van der Waals surface area contributed by atoms with E-state index in [0.717, 1.165) is 30.3 Å². The molecule has 2 rings (SSSR count). The Labute approximate surface area is 171 Å². The van der Waals surface area contributed by atoms with Crippen LogP contribution in [0.25, 0.3) is 6.08 Å². The van der Waals surface area contributed by atoms with E-state index in [1.807, 2.05) is 0 Å². The minimum Gasteiger partial charge on any atom is -0.487 e. The lowest BCUT2D eigenvalue weighted by atomic mass is 10.2. The smallest absolute Gasteiger partial charge is 0.425 e. The second-order valence-electron chi connectivity index (χ2n) is 6.11. The number of carbonyl (C=O) groups is 2. The van der Waals surface area contributed by atoms with E-state index in [0.29, 0.717) is 5.56 Å². The zero-order chi connectivity index (χ0) is 23.2. The van der Waals surface area contributed by atoms with Crippen molar-refractivity contribution in [3.63, 3.8) is 0 Å². The van der Waals surface area contributed by atoms with Crippen molar-refractivity contribution in [1.29, 1.82) is 0 Å².